The van der Waals surface area contributed by atoms with Crippen LogP contribution in [0.4, 0.5) is 0 Å². The fourth-order valence-corrected chi connectivity index (χ4v) is 2.44. The van der Waals surface area contributed by atoms with Gasteiger partial charge in [0.05, 0.1) is 0 Å². The lowest BCUT2D eigenvalue weighted by molar-refractivity contribution is 0.712. The van der Waals surface area contributed by atoms with Gasteiger partial charge in [-0.15, -0.1) is 0 Å². The summed E-state index contributed by atoms with van der Waals surface area (Å²) >= 11 is 0. The lowest BCUT2D eigenvalue weighted by Gasteiger charge is -2.11. The van der Waals surface area contributed by atoms with Gasteiger partial charge in [-0.3, -0.25) is 0 Å². The maximum atomic E-state index is 6.09. The first kappa shape index (κ1) is 9.72. The fraction of sp³-hybridized carbons (Fsp3) is 0.538. The molecule has 1 aliphatic carbocycles. The van der Waals surface area contributed by atoms with Crippen LogP contribution < -0.4 is 5.73 Å². The zero-order valence-corrected chi connectivity index (χ0v) is 9.14. The first-order valence-electron chi connectivity index (χ1n) is 5.66. The van der Waals surface area contributed by atoms with Gasteiger partial charge in [-0.1, -0.05) is 26.0 Å². The lowest BCUT2D eigenvalue weighted by Crippen LogP contribution is -2.06. The van der Waals surface area contributed by atoms with Gasteiger partial charge in [-0.05, 0) is 47.9 Å². The minimum absolute atomic E-state index is 0.293. The van der Waals surface area contributed by atoms with Crippen molar-refractivity contribution in [3.05, 3.63) is 34.4 Å². The minimum atomic E-state index is 0.293. The molecule has 1 aliphatic rings. The highest BCUT2D eigenvalue weighted by Crippen LogP contribution is 2.33. The second kappa shape index (κ2) is 3.74. The summed E-state index contributed by atoms with van der Waals surface area (Å²) in [5.74, 6) is 0. The van der Waals surface area contributed by atoms with E-state index in [2.05, 4.69) is 26.0 Å². The molecule has 0 saturated heterocycles. The maximum Gasteiger partial charge on any atom is 0.0300 e. The number of nitrogens with two attached hydrogens (primary N) is 1. The second-order valence-corrected chi connectivity index (χ2v) is 4.17. The van der Waals surface area contributed by atoms with Crippen LogP contribution in [0.25, 0.3) is 0 Å². The molecule has 0 aromatic heterocycles. The fourth-order valence-electron chi connectivity index (χ4n) is 2.44. The Hall–Kier alpha value is -0.820. The Morgan fingerprint density at radius 2 is 2.07 bits per heavy atom. The van der Waals surface area contributed by atoms with E-state index >= 15 is 0 Å². The van der Waals surface area contributed by atoms with Crippen molar-refractivity contribution in [1.82, 2.24) is 0 Å². The van der Waals surface area contributed by atoms with E-state index in [9.17, 15) is 0 Å². The third-order valence-corrected chi connectivity index (χ3v) is 3.33. The summed E-state index contributed by atoms with van der Waals surface area (Å²) in [7, 11) is 0. The van der Waals surface area contributed by atoms with E-state index < -0.39 is 0 Å². The van der Waals surface area contributed by atoms with E-state index in [-0.39, 0.29) is 0 Å². The van der Waals surface area contributed by atoms with Gasteiger partial charge in [-0.25, -0.2) is 0 Å². The molecule has 1 nitrogen and oxygen atoms in total. The Labute approximate surface area is 86.3 Å². The molecule has 0 fully saturated rings. The quantitative estimate of drug-likeness (QED) is 0.760. The predicted octanol–water partition coefficient (Wildman–Crippen LogP) is 2.76. The number of hydrogen-bond donors (Lipinski definition) is 1. The molecule has 0 spiro atoms. The highest BCUT2D eigenvalue weighted by atomic mass is 14.6. The summed E-state index contributed by atoms with van der Waals surface area (Å²) < 4.78 is 0. The average Bonchev–Trinajstić information content (AvgIpc) is 2.59. The van der Waals surface area contributed by atoms with Crippen LogP contribution in [0.2, 0.25) is 0 Å². The highest BCUT2D eigenvalue weighted by Gasteiger charge is 2.21. The van der Waals surface area contributed by atoms with Crippen LogP contribution in [0.1, 0.15) is 48.6 Å². The van der Waals surface area contributed by atoms with Crippen molar-refractivity contribution in [1.29, 1.82) is 0 Å². The van der Waals surface area contributed by atoms with Crippen LogP contribution in [0.15, 0.2) is 12.1 Å². The van der Waals surface area contributed by atoms with Gasteiger partial charge in [0.1, 0.15) is 0 Å². The Bertz CT molecular complexity index is 341. The van der Waals surface area contributed by atoms with Gasteiger partial charge in [0.15, 0.2) is 0 Å². The molecular formula is C13H19N. The van der Waals surface area contributed by atoms with Gasteiger partial charge >= 0.3 is 0 Å². The molecule has 0 bridgehead atoms. The molecule has 1 aromatic carbocycles. The Balaban J connectivity index is 2.52. The average molecular weight is 189 g/mol. The van der Waals surface area contributed by atoms with E-state index in [0.29, 0.717) is 6.04 Å². The number of aryl methyl sites for hydroxylation is 2. The third-order valence-electron chi connectivity index (χ3n) is 3.33. The summed E-state index contributed by atoms with van der Waals surface area (Å²) in [4.78, 5) is 0. The second-order valence-electron chi connectivity index (χ2n) is 4.17. The predicted molar refractivity (Wildman–Crippen MR) is 60.4 cm³/mol. The molecular weight excluding hydrogens is 170 g/mol. The number of hydrogen-bond acceptors (Lipinski definition) is 1. The van der Waals surface area contributed by atoms with Gasteiger partial charge in [0.2, 0.25) is 0 Å². The Morgan fingerprint density at radius 3 is 2.71 bits per heavy atom. The minimum Gasteiger partial charge on any atom is -0.324 e. The summed E-state index contributed by atoms with van der Waals surface area (Å²) in [6.07, 6.45) is 4.58. The lowest BCUT2D eigenvalue weighted by atomic mass is 9.96. The molecule has 0 saturated carbocycles. The van der Waals surface area contributed by atoms with Crippen molar-refractivity contribution in [3.63, 3.8) is 0 Å². The van der Waals surface area contributed by atoms with Crippen LogP contribution in [0, 0.1) is 0 Å². The molecule has 1 heteroatoms. The molecule has 2 rings (SSSR count). The SMILES string of the molecule is CCc1cc(CC)c2c(c1)[C@H](N)CC2. The monoisotopic (exact) mass is 189 g/mol. The van der Waals surface area contributed by atoms with Crippen molar-refractivity contribution in [2.75, 3.05) is 0 Å². The van der Waals surface area contributed by atoms with Gasteiger partial charge in [0.25, 0.3) is 0 Å². The summed E-state index contributed by atoms with van der Waals surface area (Å²) in [5.41, 5.74) is 12.0. The molecule has 0 radical (unpaired) electrons. The van der Waals surface area contributed by atoms with Crippen LogP contribution >= 0.6 is 0 Å². The summed E-state index contributed by atoms with van der Waals surface area (Å²) in [5, 5.41) is 0. The third kappa shape index (κ3) is 1.46. The maximum absolute atomic E-state index is 6.09. The molecule has 0 heterocycles. The van der Waals surface area contributed by atoms with Crippen LogP contribution in [0.5, 0.6) is 0 Å². The molecule has 0 aliphatic heterocycles. The molecule has 14 heavy (non-hydrogen) atoms. The zero-order chi connectivity index (χ0) is 10.1. The first-order chi connectivity index (χ1) is 6.76. The van der Waals surface area contributed by atoms with Crippen molar-refractivity contribution in [2.24, 2.45) is 5.73 Å². The highest BCUT2D eigenvalue weighted by molar-refractivity contribution is 5.44. The van der Waals surface area contributed by atoms with Crippen LogP contribution in [0.3, 0.4) is 0 Å². The van der Waals surface area contributed by atoms with Crippen molar-refractivity contribution >= 4 is 0 Å². The van der Waals surface area contributed by atoms with Crippen molar-refractivity contribution in [3.8, 4) is 0 Å². The van der Waals surface area contributed by atoms with E-state index in [0.717, 1.165) is 19.3 Å². The molecule has 0 amide bonds. The van der Waals surface area contributed by atoms with Crippen LogP contribution in [-0.2, 0) is 19.3 Å². The summed E-state index contributed by atoms with van der Waals surface area (Å²) in [6.45, 7) is 4.44. The molecule has 1 aromatic rings. The number of fused-ring (bicyclic) bond motifs is 1. The van der Waals surface area contributed by atoms with E-state index in [1.807, 2.05) is 0 Å². The van der Waals surface area contributed by atoms with Crippen molar-refractivity contribution in [2.45, 2.75) is 45.6 Å². The van der Waals surface area contributed by atoms with Gasteiger partial charge in [0, 0.05) is 6.04 Å². The topological polar surface area (TPSA) is 26.0 Å². The summed E-state index contributed by atoms with van der Waals surface area (Å²) in [6, 6.07) is 4.96. The molecule has 0 unspecified atom stereocenters. The first-order valence-corrected chi connectivity index (χ1v) is 5.66. The van der Waals surface area contributed by atoms with E-state index in [1.54, 1.807) is 0 Å². The van der Waals surface area contributed by atoms with Crippen LogP contribution in [-0.4, -0.2) is 0 Å². The smallest absolute Gasteiger partial charge is 0.0300 e. The van der Waals surface area contributed by atoms with Crippen molar-refractivity contribution < 1.29 is 0 Å². The number of benzene rings is 1. The van der Waals surface area contributed by atoms with Gasteiger partial charge in [-0.2, -0.15) is 0 Å². The zero-order valence-electron chi connectivity index (χ0n) is 9.14. The van der Waals surface area contributed by atoms with Gasteiger partial charge < -0.3 is 5.73 Å². The van der Waals surface area contributed by atoms with E-state index in [4.69, 9.17) is 5.73 Å². The largest absolute Gasteiger partial charge is 0.324 e. The van der Waals surface area contributed by atoms with E-state index in [1.165, 1.54) is 28.7 Å². The number of rotatable bonds is 2. The Morgan fingerprint density at radius 1 is 1.29 bits per heavy atom. The normalized spacial score (nSPS) is 19.8. The standard InChI is InChI=1S/C13H19N/c1-3-9-7-10(4-2)11-5-6-13(14)12(11)8-9/h7-8,13H,3-6,14H2,1-2H3/t13-/m1/s1. The Kier molecular flexibility index (Phi) is 2.60. The molecule has 2 N–H and O–H groups in total. The molecule has 76 valence electrons. The molecule has 1 atom stereocenters.